The van der Waals surface area contributed by atoms with Gasteiger partial charge < -0.3 is 10.8 Å². The number of aliphatic carboxylic acids is 1. The molecule has 2 rings (SSSR count). The van der Waals surface area contributed by atoms with Crippen molar-refractivity contribution in [3.63, 3.8) is 0 Å². The lowest BCUT2D eigenvalue weighted by Crippen LogP contribution is -1.98. The Bertz CT molecular complexity index is 588. The fourth-order valence-corrected chi connectivity index (χ4v) is 2.45. The maximum absolute atomic E-state index is 10.6. The number of hydrogen-bond donors (Lipinski definition) is 2. The van der Waals surface area contributed by atoms with Gasteiger partial charge in [0, 0.05) is 6.42 Å². The van der Waals surface area contributed by atoms with Crippen molar-refractivity contribution in [2.24, 2.45) is 5.73 Å². The summed E-state index contributed by atoms with van der Waals surface area (Å²) in [5.74, 6) is -0.755. The minimum atomic E-state index is -0.755. The van der Waals surface area contributed by atoms with Gasteiger partial charge in [-0.3, -0.25) is 4.79 Å². The lowest BCUT2D eigenvalue weighted by atomic mass is 10.00. The van der Waals surface area contributed by atoms with Gasteiger partial charge in [0.1, 0.15) is 0 Å². The Morgan fingerprint density at radius 3 is 1.77 bits per heavy atom. The quantitative estimate of drug-likeness (QED) is 0.731. The Kier molecular flexibility index (Phi) is 6.16. The predicted molar refractivity (Wildman–Crippen MR) is 89.8 cm³/mol. The summed E-state index contributed by atoms with van der Waals surface area (Å²) in [6.45, 7) is 0.756. The molecule has 0 unspecified atom stereocenters. The van der Waals surface area contributed by atoms with Crippen LogP contribution in [0.1, 0.15) is 30.4 Å². The van der Waals surface area contributed by atoms with Gasteiger partial charge in [0.05, 0.1) is 0 Å². The third kappa shape index (κ3) is 5.01. The van der Waals surface area contributed by atoms with E-state index in [2.05, 4.69) is 36.4 Å². The summed E-state index contributed by atoms with van der Waals surface area (Å²) in [7, 11) is 0. The van der Waals surface area contributed by atoms with Gasteiger partial charge in [-0.1, -0.05) is 48.5 Å². The fourth-order valence-electron chi connectivity index (χ4n) is 2.45. The number of carbonyl (C=O) groups is 1. The number of hydrogen-bond acceptors (Lipinski definition) is 2. The monoisotopic (exact) mass is 297 g/mol. The standard InChI is InChI=1S/C19H23NO2/c20-14-2-1-3-15-4-9-17(10-5-15)18-11-6-16(7-12-18)8-13-19(21)22/h4-7,9-12H,1-3,8,13-14,20H2,(H,21,22). The van der Waals surface area contributed by atoms with Gasteiger partial charge >= 0.3 is 5.97 Å². The summed E-state index contributed by atoms with van der Waals surface area (Å²) in [6, 6.07) is 16.8. The average molecular weight is 297 g/mol. The van der Waals surface area contributed by atoms with Crippen LogP contribution in [0, 0.1) is 0 Å². The average Bonchev–Trinajstić information content (AvgIpc) is 2.54. The molecule has 3 N–H and O–H groups in total. The van der Waals surface area contributed by atoms with Crippen LogP contribution in [0.15, 0.2) is 48.5 Å². The van der Waals surface area contributed by atoms with Gasteiger partial charge in [0.25, 0.3) is 0 Å². The first-order valence-corrected chi connectivity index (χ1v) is 7.79. The Hall–Kier alpha value is -2.13. The third-order valence-corrected chi connectivity index (χ3v) is 3.79. The lowest BCUT2D eigenvalue weighted by Gasteiger charge is -2.06. The highest BCUT2D eigenvalue weighted by atomic mass is 16.4. The molecule has 2 aromatic rings. The number of aryl methyl sites for hydroxylation is 2. The fraction of sp³-hybridized carbons (Fsp3) is 0.316. The van der Waals surface area contributed by atoms with E-state index in [-0.39, 0.29) is 6.42 Å². The molecular weight excluding hydrogens is 274 g/mol. The number of carboxylic acids is 1. The van der Waals surface area contributed by atoms with Crippen molar-refractivity contribution < 1.29 is 9.90 Å². The van der Waals surface area contributed by atoms with Crippen LogP contribution in [-0.2, 0) is 17.6 Å². The molecule has 0 amide bonds. The highest BCUT2D eigenvalue weighted by molar-refractivity contribution is 5.67. The summed E-state index contributed by atoms with van der Waals surface area (Å²) in [4.78, 5) is 10.6. The van der Waals surface area contributed by atoms with E-state index < -0.39 is 5.97 Å². The first kappa shape index (κ1) is 16.2. The normalized spacial score (nSPS) is 10.6. The molecule has 3 heteroatoms. The maximum Gasteiger partial charge on any atom is 0.303 e. The molecule has 0 aliphatic heterocycles. The largest absolute Gasteiger partial charge is 0.481 e. The molecule has 0 aliphatic rings. The molecule has 2 aromatic carbocycles. The van der Waals surface area contributed by atoms with Crippen molar-refractivity contribution in [1.82, 2.24) is 0 Å². The van der Waals surface area contributed by atoms with Gasteiger partial charge in [0.2, 0.25) is 0 Å². The molecule has 116 valence electrons. The summed E-state index contributed by atoms with van der Waals surface area (Å²) in [5, 5.41) is 8.70. The van der Waals surface area contributed by atoms with E-state index in [0.717, 1.165) is 36.9 Å². The van der Waals surface area contributed by atoms with E-state index in [1.165, 1.54) is 11.1 Å². The zero-order valence-corrected chi connectivity index (χ0v) is 12.8. The second kappa shape index (κ2) is 8.35. The van der Waals surface area contributed by atoms with E-state index in [4.69, 9.17) is 10.8 Å². The van der Waals surface area contributed by atoms with Crippen LogP contribution in [0.5, 0.6) is 0 Å². The smallest absolute Gasteiger partial charge is 0.303 e. The Labute approximate surface area is 131 Å². The first-order chi connectivity index (χ1) is 10.7. The Morgan fingerprint density at radius 2 is 1.32 bits per heavy atom. The van der Waals surface area contributed by atoms with Crippen LogP contribution in [-0.4, -0.2) is 17.6 Å². The number of unbranched alkanes of at least 4 members (excludes halogenated alkanes) is 1. The number of carboxylic acid groups (broad SMARTS) is 1. The summed E-state index contributed by atoms with van der Waals surface area (Å²) in [6.07, 6.45) is 4.03. The number of nitrogens with two attached hydrogens (primary N) is 1. The van der Waals surface area contributed by atoms with Crippen molar-refractivity contribution in [3.8, 4) is 11.1 Å². The molecule has 0 saturated carbocycles. The number of benzene rings is 2. The van der Waals surface area contributed by atoms with E-state index in [1.807, 2.05) is 12.1 Å². The first-order valence-electron chi connectivity index (χ1n) is 7.79. The topological polar surface area (TPSA) is 63.3 Å². The van der Waals surface area contributed by atoms with E-state index in [9.17, 15) is 4.79 Å². The Balaban J connectivity index is 1.97. The molecule has 0 spiro atoms. The van der Waals surface area contributed by atoms with Crippen LogP contribution >= 0.6 is 0 Å². The van der Waals surface area contributed by atoms with Crippen LogP contribution < -0.4 is 5.73 Å². The molecule has 0 aliphatic carbocycles. The molecule has 0 heterocycles. The molecule has 0 aromatic heterocycles. The molecule has 0 radical (unpaired) electrons. The Morgan fingerprint density at radius 1 is 0.818 bits per heavy atom. The van der Waals surface area contributed by atoms with E-state index in [0.29, 0.717) is 6.42 Å². The van der Waals surface area contributed by atoms with Gasteiger partial charge in [-0.15, -0.1) is 0 Å². The second-order valence-corrected chi connectivity index (χ2v) is 5.53. The van der Waals surface area contributed by atoms with Crippen molar-refractivity contribution in [1.29, 1.82) is 0 Å². The molecule has 3 nitrogen and oxygen atoms in total. The highest BCUT2D eigenvalue weighted by Crippen LogP contribution is 2.21. The van der Waals surface area contributed by atoms with Crippen LogP contribution in [0.25, 0.3) is 11.1 Å². The highest BCUT2D eigenvalue weighted by Gasteiger charge is 2.01. The molecule has 22 heavy (non-hydrogen) atoms. The van der Waals surface area contributed by atoms with Crippen molar-refractivity contribution in [2.45, 2.75) is 32.1 Å². The van der Waals surface area contributed by atoms with Gasteiger partial charge in [0.15, 0.2) is 0 Å². The van der Waals surface area contributed by atoms with Gasteiger partial charge in [-0.05, 0) is 54.5 Å². The zero-order valence-electron chi connectivity index (χ0n) is 12.8. The van der Waals surface area contributed by atoms with Crippen molar-refractivity contribution in [3.05, 3.63) is 59.7 Å². The van der Waals surface area contributed by atoms with Gasteiger partial charge in [-0.2, -0.15) is 0 Å². The maximum atomic E-state index is 10.6. The molecule has 0 bridgehead atoms. The van der Waals surface area contributed by atoms with Crippen molar-refractivity contribution in [2.75, 3.05) is 6.54 Å². The SMILES string of the molecule is NCCCCc1ccc(-c2ccc(CCC(=O)O)cc2)cc1. The van der Waals surface area contributed by atoms with Crippen LogP contribution in [0.4, 0.5) is 0 Å². The van der Waals surface area contributed by atoms with Gasteiger partial charge in [-0.25, -0.2) is 0 Å². The summed E-state index contributed by atoms with van der Waals surface area (Å²) >= 11 is 0. The zero-order chi connectivity index (χ0) is 15.8. The third-order valence-electron chi connectivity index (χ3n) is 3.79. The van der Waals surface area contributed by atoms with E-state index >= 15 is 0 Å². The second-order valence-electron chi connectivity index (χ2n) is 5.53. The summed E-state index contributed by atoms with van der Waals surface area (Å²) in [5.41, 5.74) is 10.3. The minimum Gasteiger partial charge on any atom is -0.481 e. The van der Waals surface area contributed by atoms with Crippen LogP contribution in [0.2, 0.25) is 0 Å². The molecule has 0 atom stereocenters. The lowest BCUT2D eigenvalue weighted by molar-refractivity contribution is -0.136. The van der Waals surface area contributed by atoms with Crippen LogP contribution in [0.3, 0.4) is 0 Å². The predicted octanol–water partition coefficient (Wildman–Crippen LogP) is 3.65. The molecular formula is C19H23NO2. The molecule has 0 fully saturated rings. The minimum absolute atomic E-state index is 0.177. The van der Waals surface area contributed by atoms with E-state index in [1.54, 1.807) is 0 Å². The summed E-state index contributed by atoms with van der Waals surface area (Å²) < 4.78 is 0. The number of rotatable bonds is 8. The molecule has 0 saturated heterocycles. The van der Waals surface area contributed by atoms with Crippen molar-refractivity contribution >= 4 is 5.97 Å².